The van der Waals surface area contributed by atoms with Gasteiger partial charge in [0.05, 0.1) is 11.6 Å². The molecule has 0 saturated carbocycles. The summed E-state index contributed by atoms with van der Waals surface area (Å²) in [4.78, 5) is 23.5. The van der Waals surface area contributed by atoms with E-state index in [9.17, 15) is 14.9 Å². The van der Waals surface area contributed by atoms with Crippen molar-refractivity contribution in [2.45, 2.75) is 13.8 Å². The maximum absolute atomic E-state index is 12.5. The molecule has 0 bridgehead atoms. The molecule has 2 rings (SSSR count). The summed E-state index contributed by atoms with van der Waals surface area (Å²) in [5.41, 5.74) is 8.17. The van der Waals surface area contributed by atoms with Crippen molar-refractivity contribution in [3.05, 3.63) is 57.1 Å². The lowest BCUT2D eigenvalue weighted by Gasteiger charge is -2.13. The van der Waals surface area contributed by atoms with Crippen LogP contribution in [0.4, 0.5) is 5.69 Å². The number of anilines is 1. The van der Waals surface area contributed by atoms with Crippen LogP contribution in [-0.4, -0.2) is 25.5 Å². The minimum absolute atomic E-state index is 0.0790. The maximum atomic E-state index is 12.5. The monoisotopic (exact) mass is 457 g/mol. The van der Waals surface area contributed by atoms with Gasteiger partial charge in [0.25, 0.3) is 11.8 Å². The van der Waals surface area contributed by atoms with Gasteiger partial charge in [-0.15, -0.1) is 0 Å². The number of nitriles is 1. The van der Waals surface area contributed by atoms with E-state index in [0.717, 1.165) is 11.1 Å². The van der Waals surface area contributed by atoms with Crippen molar-refractivity contribution in [2.24, 2.45) is 5.73 Å². The number of primary amides is 1. The molecule has 0 aromatic heterocycles. The van der Waals surface area contributed by atoms with Gasteiger partial charge in [0.2, 0.25) is 0 Å². The summed E-state index contributed by atoms with van der Waals surface area (Å²) in [6.07, 6.45) is 1.43. The molecule has 0 radical (unpaired) electrons. The van der Waals surface area contributed by atoms with Crippen LogP contribution in [0.15, 0.2) is 40.4 Å². The second kappa shape index (κ2) is 9.75. The molecule has 150 valence electrons. The first-order valence-corrected chi connectivity index (χ1v) is 9.33. The molecule has 0 aliphatic heterocycles. The normalized spacial score (nSPS) is 10.8. The number of hydrogen-bond donors (Lipinski definition) is 2. The summed E-state index contributed by atoms with van der Waals surface area (Å²) >= 11 is 3.34. The van der Waals surface area contributed by atoms with Gasteiger partial charge in [0.1, 0.15) is 11.6 Å². The van der Waals surface area contributed by atoms with Crippen molar-refractivity contribution in [1.29, 1.82) is 5.26 Å². The van der Waals surface area contributed by atoms with Crippen molar-refractivity contribution < 1.29 is 19.1 Å². The third-order valence-corrected chi connectivity index (χ3v) is 4.51. The van der Waals surface area contributed by atoms with Gasteiger partial charge in [-0.2, -0.15) is 5.26 Å². The van der Waals surface area contributed by atoms with Crippen LogP contribution >= 0.6 is 15.9 Å². The van der Waals surface area contributed by atoms with Crippen LogP contribution in [-0.2, 0) is 9.59 Å². The summed E-state index contributed by atoms with van der Waals surface area (Å²) in [5.74, 6) is -0.540. The van der Waals surface area contributed by atoms with Crippen LogP contribution in [0.25, 0.3) is 6.08 Å². The van der Waals surface area contributed by atoms with Crippen molar-refractivity contribution in [1.82, 2.24) is 0 Å². The topological polar surface area (TPSA) is 114 Å². The third-order valence-electron chi connectivity index (χ3n) is 3.92. The molecule has 2 amide bonds. The Hall–Kier alpha value is -3.31. The number of carbonyl (C=O) groups excluding carboxylic acids is 2. The molecule has 2 aromatic rings. The summed E-state index contributed by atoms with van der Waals surface area (Å²) in [7, 11) is 1.43. The molecule has 29 heavy (non-hydrogen) atoms. The molecule has 0 fully saturated rings. The summed E-state index contributed by atoms with van der Waals surface area (Å²) in [6.45, 7) is 3.53. The molecule has 0 aliphatic rings. The first-order valence-electron chi connectivity index (χ1n) is 8.54. The molecule has 0 saturated heterocycles. The number of halogens is 1. The smallest absolute Gasteiger partial charge is 0.266 e. The van der Waals surface area contributed by atoms with Crippen LogP contribution in [0.2, 0.25) is 0 Å². The highest BCUT2D eigenvalue weighted by molar-refractivity contribution is 9.10. The van der Waals surface area contributed by atoms with E-state index in [1.807, 2.05) is 32.0 Å². The van der Waals surface area contributed by atoms with E-state index in [2.05, 4.69) is 21.2 Å². The minimum atomic E-state index is -0.627. The second-order valence-corrected chi connectivity index (χ2v) is 7.09. The molecule has 0 heterocycles. The van der Waals surface area contributed by atoms with Crippen LogP contribution < -0.4 is 20.5 Å². The summed E-state index contributed by atoms with van der Waals surface area (Å²) < 4.78 is 11.1. The van der Waals surface area contributed by atoms with Gasteiger partial charge in [-0.25, -0.2) is 0 Å². The first kappa shape index (κ1) is 22.0. The van der Waals surface area contributed by atoms with E-state index in [-0.39, 0.29) is 12.2 Å². The van der Waals surface area contributed by atoms with E-state index in [4.69, 9.17) is 15.2 Å². The van der Waals surface area contributed by atoms with Gasteiger partial charge in [-0.1, -0.05) is 17.7 Å². The first-order chi connectivity index (χ1) is 13.7. The number of amides is 2. The van der Waals surface area contributed by atoms with E-state index in [1.165, 1.54) is 13.2 Å². The fraction of sp³-hybridized carbons (Fsp3) is 0.190. The number of hydrogen-bond acceptors (Lipinski definition) is 5. The van der Waals surface area contributed by atoms with Crippen LogP contribution in [0.1, 0.15) is 16.7 Å². The van der Waals surface area contributed by atoms with E-state index < -0.39 is 11.8 Å². The minimum Gasteiger partial charge on any atom is -0.493 e. The van der Waals surface area contributed by atoms with Gasteiger partial charge >= 0.3 is 0 Å². The highest BCUT2D eigenvalue weighted by atomic mass is 79.9. The number of rotatable bonds is 7. The van der Waals surface area contributed by atoms with Crippen molar-refractivity contribution in [3.8, 4) is 17.6 Å². The zero-order valence-electron chi connectivity index (χ0n) is 16.2. The molecule has 0 aliphatic carbocycles. The largest absolute Gasteiger partial charge is 0.493 e. The lowest BCUT2D eigenvalue weighted by Crippen LogP contribution is -2.20. The molecule has 0 atom stereocenters. The fourth-order valence-corrected chi connectivity index (χ4v) is 3.14. The molecule has 7 nitrogen and oxygen atoms in total. The lowest BCUT2D eigenvalue weighted by atomic mass is 10.1. The number of methoxy groups -OCH3 is 1. The number of benzene rings is 2. The number of nitrogens with zero attached hydrogens (tertiary/aromatic N) is 1. The van der Waals surface area contributed by atoms with Crippen LogP contribution in [0.5, 0.6) is 11.5 Å². The van der Waals surface area contributed by atoms with E-state index in [1.54, 1.807) is 18.2 Å². The van der Waals surface area contributed by atoms with E-state index in [0.29, 0.717) is 27.2 Å². The highest BCUT2D eigenvalue weighted by Crippen LogP contribution is 2.37. The number of ether oxygens (including phenoxy) is 2. The Kier molecular flexibility index (Phi) is 7.39. The fourth-order valence-electron chi connectivity index (χ4n) is 2.57. The van der Waals surface area contributed by atoms with Gasteiger partial charge in [-0.05, 0) is 65.2 Å². The summed E-state index contributed by atoms with van der Waals surface area (Å²) in [6, 6.07) is 10.8. The number of nitrogens with one attached hydrogen (secondary N) is 1. The predicted molar refractivity (Wildman–Crippen MR) is 114 cm³/mol. The molecule has 3 N–H and O–H groups in total. The molecule has 2 aromatic carbocycles. The predicted octanol–water partition coefficient (Wildman–Crippen LogP) is 3.48. The number of aryl methyl sites for hydroxylation is 2. The van der Waals surface area contributed by atoms with Crippen LogP contribution in [0.3, 0.4) is 0 Å². The molecule has 0 unspecified atom stereocenters. The standard InChI is InChI=1S/C21H20BrN3O4/c1-12-4-5-17(13(2)6-12)25-21(27)15(10-23)7-14-8-16(22)20(18(9-14)28-3)29-11-19(24)26/h4-9H,11H2,1-3H3,(H2,24,26)(H,25,27)/b15-7+. The van der Waals surface area contributed by atoms with Crippen molar-refractivity contribution >= 4 is 39.5 Å². The molecule has 0 spiro atoms. The van der Waals surface area contributed by atoms with Crippen molar-refractivity contribution in [3.63, 3.8) is 0 Å². The maximum Gasteiger partial charge on any atom is 0.266 e. The van der Waals surface area contributed by atoms with Gasteiger partial charge in [0, 0.05) is 5.69 Å². The van der Waals surface area contributed by atoms with Crippen LogP contribution in [0, 0.1) is 25.2 Å². The van der Waals surface area contributed by atoms with E-state index >= 15 is 0 Å². The van der Waals surface area contributed by atoms with Gasteiger partial charge in [0.15, 0.2) is 18.1 Å². The number of nitrogens with two attached hydrogens (primary N) is 1. The van der Waals surface area contributed by atoms with Gasteiger partial charge in [-0.3, -0.25) is 9.59 Å². The molecular formula is C21H20BrN3O4. The average Bonchev–Trinajstić information content (AvgIpc) is 2.66. The quantitative estimate of drug-likeness (QED) is 0.487. The van der Waals surface area contributed by atoms with Gasteiger partial charge < -0.3 is 20.5 Å². The lowest BCUT2D eigenvalue weighted by molar-refractivity contribution is -0.120. The highest BCUT2D eigenvalue weighted by Gasteiger charge is 2.15. The Bertz CT molecular complexity index is 1030. The molecule has 8 heteroatoms. The third kappa shape index (κ3) is 5.83. The Morgan fingerprint density at radius 1 is 1.28 bits per heavy atom. The average molecular weight is 458 g/mol. The SMILES string of the molecule is COc1cc(/C=C(\C#N)C(=O)Nc2ccc(C)cc2C)cc(Br)c1OCC(N)=O. The Labute approximate surface area is 177 Å². The zero-order chi connectivity index (χ0) is 21.6. The molecular weight excluding hydrogens is 438 g/mol. The van der Waals surface area contributed by atoms with Crippen molar-refractivity contribution in [2.75, 3.05) is 19.0 Å². The zero-order valence-corrected chi connectivity index (χ0v) is 17.8. The Morgan fingerprint density at radius 2 is 2.00 bits per heavy atom. The Morgan fingerprint density at radius 3 is 2.59 bits per heavy atom. The number of carbonyl (C=O) groups is 2. The second-order valence-electron chi connectivity index (χ2n) is 6.23. The Balaban J connectivity index is 2.32. The summed E-state index contributed by atoms with van der Waals surface area (Å²) in [5, 5.41) is 12.2.